The van der Waals surface area contributed by atoms with Crippen LogP contribution in [0.4, 0.5) is 0 Å². The molecule has 25 heavy (non-hydrogen) atoms. The molecule has 1 amide bonds. The van der Waals surface area contributed by atoms with Gasteiger partial charge >= 0.3 is 0 Å². The molecule has 2 aliphatic rings. The zero-order chi connectivity index (χ0) is 17.5. The number of benzene rings is 1. The zero-order valence-corrected chi connectivity index (χ0v) is 15.0. The Morgan fingerprint density at radius 3 is 3.00 bits per heavy atom. The lowest BCUT2D eigenvalue weighted by Crippen LogP contribution is -2.39. The van der Waals surface area contributed by atoms with Gasteiger partial charge in [0, 0.05) is 39.0 Å². The third-order valence-electron chi connectivity index (χ3n) is 4.58. The van der Waals surface area contributed by atoms with Crippen LogP contribution in [-0.4, -0.2) is 55.6 Å². The van der Waals surface area contributed by atoms with E-state index in [2.05, 4.69) is 28.6 Å². The van der Waals surface area contributed by atoms with Crippen molar-refractivity contribution >= 4 is 11.9 Å². The molecule has 3 rings (SSSR count). The lowest BCUT2D eigenvalue weighted by Gasteiger charge is -2.17. The first-order valence-corrected chi connectivity index (χ1v) is 9.31. The van der Waals surface area contributed by atoms with Gasteiger partial charge < -0.3 is 20.3 Å². The van der Waals surface area contributed by atoms with E-state index in [1.54, 1.807) is 0 Å². The Bertz CT molecular complexity index is 592. The number of hydrogen-bond donors (Lipinski definition) is 2. The summed E-state index contributed by atoms with van der Waals surface area (Å²) in [4.78, 5) is 18.2. The smallest absolute Gasteiger partial charge is 0.222 e. The largest absolute Gasteiger partial charge is 0.488 e. The van der Waals surface area contributed by atoms with Crippen LogP contribution < -0.4 is 15.4 Å². The molecule has 6 nitrogen and oxygen atoms in total. The number of para-hydroxylation sites is 1. The van der Waals surface area contributed by atoms with Gasteiger partial charge in [-0.3, -0.25) is 4.79 Å². The first kappa shape index (κ1) is 17.6. The van der Waals surface area contributed by atoms with Crippen molar-refractivity contribution in [3.05, 3.63) is 29.8 Å². The molecule has 1 fully saturated rings. The average Bonchev–Trinajstić information content (AvgIpc) is 3.22. The third kappa shape index (κ3) is 4.87. The first-order chi connectivity index (χ1) is 12.3. The van der Waals surface area contributed by atoms with E-state index in [0.29, 0.717) is 18.9 Å². The van der Waals surface area contributed by atoms with Gasteiger partial charge in [-0.15, -0.1) is 0 Å². The summed E-state index contributed by atoms with van der Waals surface area (Å²) >= 11 is 0. The van der Waals surface area contributed by atoms with Gasteiger partial charge in [0.05, 0.1) is 6.54 Å². The second kappa shape index (κ2) is 8.74. The van der Waals surface area contributed by atoms with E-state index in [1.807, 2.05) is 23.1 Å². The van der Waals surface area contributed by atoms with E-state index in [1.165, 1.54) is 5.56 Å². The minimum atomic E-state index is 0.107. The number of ether oxygens (including phenoxy) is 1. The fraction of sp³-hybridized carbons (Fsp3) is 0.579. The van der Waals surface area contributed by atoms with Crippen LogP contribution in [0.3, 0.4) is 0 Å². The Labute approximate surface area is 149 Å². The topological polar surface area (TPSA) is 66.0 Å². The van der Waals surface area contributed by atoms with Crippen LogP contribution in [-0.2, 0) is 11.2 Å². The number of fused-ring (bicyclic) bond motifs is 1. The second-order valence-corrected chi connectivity index (χ2v) is 6.54. The maximum absolute atomic E-state index is 11.6. The van der Waals surface area contributed by atoms with Crippen molar-refractivity contribution in [3.8, 4) is 5.75 Å². The Balaban J connectivity index is 1.41. The fourth-order valence-corrected chi connectivity index (χ4v) is 3.31. The Hall–Kier alpha value is -2.24. The highest BCUT2D eigenvalue weighted by molar-refractivity contribution is 5.80. The quantitative estimate of drug-likeness (QED) is 0.448. The zero-order valence-electron chi connectivity index (χ0n) is 15.0. The summed E-state index contributed by atoms with van der Waals surface area (Å²) < 4.78 is 5.93. The van der Waals surface area contributed by atoms with E-state index in [4.69, 9.17) is 4.74 Å². The SMILES string of the molecule is CCNC(=NCC1Cc2ccccc2O1)NCCCN1CCCC1=O. The molecule has 6 heteroatoms. The number of aliphatic imine (C=N–C) groups is 1. The highest BCUT2D eigenvalue weighted by Gasteiger charge is 2.22. The van der Waals surface area contributed by atoms with Crippen molar-refractivity contribution in [3.63, 3.8) is 0 Å². The molecule has 1 unspecified atom stereocenters. The molecule has 2 N–H and O–H groups in total. The van der Waals surface area contributed by atoms with Crippen molar-refractivity contribution in [1.29, 1.82) is 0 Å². The van der Waals surface area contributed by atoms with Crippen molar-refractivity contribution in [2.75, 3.05) is 32.7 Å². The highest BCUT2D eigenvalue weighted by atomic mass is 16.5. The summed E-state index contributed by atoms with van der Waals surface area (Å²) in [5, 5.41) is 6.62. The summed E-state index contributed by atoms with van der Waals surface area (Å²) in [6, 6.07) is 8.18. The summed E-state index contributed by atoms with van der Waals surface area (Å²) in [5.41, 5.74) is 1.26. The summed E-state index contributed by atoms with van der Waals surface area (Å²) in [7, 11) is 0. The van der Waals surface area contributed by atoms with Crippen molar-refractivity contribution < 1.29 is 9.53 Å². The van der Waals surface area contributed by atoms with Crippen LogP contribution in [0.15, 0.2) is 29.3 Å². The molecule has 0 spiro atoms. The summed E-state index contributed by atoms with van der Waals surface area (Å²) in [6.07, 6.45) is 3.66. The lowest BCUT2D eigenvalue weighted by molar-refractivity contribution is -0.127. The van der Waals surface area contributed by atoms with Crippen LogP contribution in [0.25, 0.3) is 0 Å². The highest BCUT2D eigenvalue weighted by Crippen LogP contribution is 2.28. The van der Waals surface area contributed by atoms with Gasteiger partial charge in [0.15, 0.2) is 5.96 Å². The molecule has 1 aromatic carbocycles. The monoisotopic (exact) mass is 344 g/mol. The Morgan fingerprint density at radius 2 is 2.24 bits per heavy atom. The maximum Gasteiger partial charge on any atom is 0.222 e. The minimum absolute atomic E-state index is 0.107. The summed E-state index contributed by atoms with van der Waals surface area (Å²) in [6.45, 7) is 6.05. The number of likely N-dealkylation sites (tertiary alicyclic amines) is 1. The van der Waals surface area contributed by atoms with Gasteiger partial charge in [0.25, 0.3) is 0 Å². The molecule has 0 aliphatic carbocycles. The molecule has 0 radical (unpaired) electrons. The van der Waals surface area contributed by atoms with E-state index in [0.717, 1.165) is 57.2 Å². The van der Waals surface area contributed by atoms with E-state index >= 15 is 0 Å². The van der Waals surface area contributed by atoms with E-state index in [-0.39, 0.29) is 6.10 Å². The van der Waals surface area contributed by atoms with Gasteiger partial charge in [-0.2, -0.15) is 0 Å². The number of hydrogen-bond acceptors (Lipinski definition) is 3. The Kier molecular flexibility index (Phi) is 6.14. The fourth-order valence-electron chi connectivity index (χ4n) is 3.31. The second-order valence-electron chi connectivity index (χ2n) is 6.54. The molecule has 2 heterocycles. The molecule has 1 saturated heterocycles. The van der Waals surface area contributed by atoms with Gasteiger partial charge in [0.2, 0.25) is 5.91 Å². The maximum atomic E-state index is 11.6. The molecule has 0 saturated carbocycles. The van der Waals surface area contributed by atoms with Crippen LogP contribution in [0.2, 0.25) is 0 Å². The standard InChI is InChI=1S/C19H28N4O2/c1-2-20-19(21-10-6-12-23-11-5-9-18(23)24)22-14-16-13-15-7-3-4-8-17(15)25-16/h3-4,7-8,16H,2,5-6,9-14H2,1H3,(H2,20,21,22). The van der Waals surface area contributed by atoms with Gasteiger partial charge in [-0.05, 0) is 31.4 Å². The molecule has 0 aromatic heterocycles. The lowest BCUT2D eigenvalue weighted by atomic mass is 10.1. The van der Waals surface area contributed by atoms with E-state index in [9.17, 15) is 4.79 Å². The van der Waals surface area contributed by atoms with Gasteiger partial charge in [-0.25, -0.2) is 4.99 Å². The van der Waals surface area contributed by atoms with Crippen molar-refractivity contribution in [2.24, 2.45) is 4.99 Å². The van der Waals surface area contributed by atoms with E-state index < -0.39 is 0 Å². The number of nitrogens with zero attached hydrogens (tertiary/aromatic N) is 2. The number of amides is 1. The molecule has 136 valence electrons. The van der Waals surface area contributed by atoms with Crippen molar-refractivity contribution in [2.45, 2.75) is 38.7 Å². The normalized spacial score (nSPS) is 19.7. The number of carbonyl (C=O) groups is 1. The third-order valence-corrected chi connectivity index (χ3v) is 4.58. The minimum Gasteiger partial charge on any atom is -0.488 e. The molecule has 0 bridgehead atoms. The van der Waals surface area contributed by atoms with Crippen LogP contribution in [0.1, 0.15) is 31.7 Å². The molecule has 2 aliphatic heterocycles. The summed E-state index contributed by atoms with van der Waals surface area (Å²) in [5.74, 6) is 2.09. The van der Waals surface area contributed by atoms with Crippen LogP contribution in [0, 0.1) is 0 Å². The van der Waals surface area contributed by atoms with Gasteiger partial charge in [-0.1, -0.05) is 18.2 Å². The Morgan fingerprint density at radius 1 is 1.36 bits per heavy atom. The molecule has 1 aromatic rings. The number of carbonyl (C=O) groups excluding carboxylic acids is 1. The van der Waals surface area contributed by atoms with Crippen LogP contribution in [0.5, 0.6) is 5.75 Å². The molecule has 1 atom stereocenters. The molecular formula is C19H28N4O2. The predicted molar refractivity (Wildman–Crippen MR) is 99.0 cm³/mol. The van der Waals surface area contributed by atoms with Gasteiger partial charge in [0.1, 0.15) is 11.9 Å². The predicted octanol–water partition coefficient (Wildman–Crippen LogP) is 1.56. The van der Waals surface area contributed by atoms with Crippen molar-refractivity contribution in [1.82, 2.24) is 15.5 Å². The number of rotatable bonds is 7. The number of nitrogens with one attached hydrogen (secondary N) is 2. The number of guanidine groups is 1. The first-order valence-electron chi connectivity index (χ1n) is 9.31. The average molecular weight is 344 g/mol. The molecular weight excluding hydrogens is 316 g/mol. The van der Waals surface area contributed by atoms with Crippen LogP contribution >= 0.6 is 0 Å².